The Morgan fingerprint density at radius 3 is 2.57 bits per heavy atom. The molecule has 5 heteroatoms. The third-order valence-electron chi connectivity index (χ3n) is 1.41. The fourth-order valence-corrected chi connectivity index (χ4v) is 1.68. The van der Waals surface area contributed by atoms with Gasteiger partial charge in [-0.05, 0) is 12.1 Å². The number of thiol groups is 1. The van der Waals surface area contributed by atoms with Crippen molar-refractivity contribution in [2.75, 3.05) is 0 Å². The number of carbonyl (C=O) groups is 2. The zero-order valence-electron chi connectivity index (χ0n) is 7.48. The molecule has 0 heterocycles. The molecule has 0 bridgehead atoms. The highest BCUT2D eigenvalue weighted by Gasteiger charge is 2.09. The third kappa shape index (κ3) is 3.08. The van der Waals surface area contributed by atoms with Crippen LogP contribution in [0.2, 0.25) is 0 Å². The lowest BCUT2D eigenvalue weighted by Crippen LogP contribution is -2.14. The molecule has 14 heavy (non-hydrogen) atoms. The smallest absolute Gasteiger partial charge is 0.240 e. The van der Waals surface area contributed by atoms with Crippen molar-refractivity contribution >= 4 is 35.6 Å². The number of rotatable bonds is 1. The summed E-state index contributed by atoms with van der Waals surface area (Å²) in [6.07, 6.45) is 0. The molecule has 0 fully saturated rings. The Bertz CT molecular complexity index is 366. The quantitative estimate of drug-likeness (QED) is 0.569. The molecule has 1 amide bonds. The summed E-state index contributed by atoms with van der Waals surface area (Å²) in [6, 6.07) is 6.94. The van der Waals surface area contributed by atoms with E-state index in [-0.39, 0.29) is 11.0 Å². The second kappa shape index (κ2) is 5.07. The lowest BCUT2D eigenvalue weighted by atomic mass is 10.2. The third-order valence-corrected chi connectivity index (χ3v) is 2.60. The summed E-state index contributed by atoms with van der Waals surface area (Å²) in [7, 11) is 0. The number of amides is 1. The van der Waals surface area contributed by atoms with Gasteiger partial charge in [0.25, 0.3) is 0 Å². The maximum Gasteiger partial charge on any atom is 0.240 e. The molecule has 1 aromatic rings. The highest BCUT2D eigenvalue weighted by molar-refractivity contribution is 8.12. The molecule has 1 N–H and O–H groups in total. The molecule has 74 valence electrons. The van der Waals surface area contributed by atoms with Gasteiger partial charge in [-0.3, -0.25) is 14.3 Å². The summed E-state index contributed by atoms with van der Waals surface area (Å²) in [5.41, 5.74) is 0.495. The monoisotopic (exact) mass is 227 g/mol. The molecule has 0 aliphatic heterocycles. The van der Waals surface area contributed by atoms with E-state index in [1.54, 1.807) is 24.3 Å². The zero-order chi connectivity index (χ0) is 10.6. The average molecular weight is 227 g/mol. The fourth-order valence-electron chi connectivity index (χ4n) is 0.819. The van der Waals surface area contributed by atoms with Crippen LogP contribution in [-0.2, 0) is 4.79 Å². The molecule has 0 aliphatic rings. The Morgan fingerprint density at radius 2 is 2.00 bits per heavy atom. The summed E-state index contributed by atoms with van der Waals surface area (Å²) >= 11 is 4.90. The SMILES string of the molecule is CC(=O)NSC(=O)c1ccccc1S. The van der Waals surface area contributed by atoms with Gasteiger partial charge in [-0.15, -0.1) is 12.6 Å². The molecule has 0 aromatic heterocycles. The van der Waals surface area contributed by atoms with E-state index in [1.165, 1.54) is 6.92 Å². The van der Waals surface area contributed by atoms with Crippen molar-refractivity contribution in [2.24, 2.45) is 0 Å². The van der Waals surface area contributed by atoms with Crippen LogP contribution in [-0.4, -0.2) is 11.0 Å². The molecular formula is C9H9NO2S2. The standard InChI is InChI=1S/C9H9NO2S2/c1-6(11)10-14-9(12)7-4-2-3-5-8(7)13/h2-5,13H,1H3,(H,10,11). The van der Waals surface area contributed by atoms with Crippen LogP contribution in [0.1, 0.15) is 17.3 Å². The first-order chi connectivity index (χ1) is 6.61. The van der Waals surface area contributed by atoms with Crippen LogP contribution < -0.4 is 4.72 Å². The summed E-state index contributed by atoms with van der Waals surface area (Å²) in [5.74, 6) is -0.250. The van der Waals surface area contributed by atoms with Crippen molar-refractivity contribution in [3.05, 3.63) is 29.8 Å². The van der Waals surface area contributed by atoms with E-state index < -0.39 is 0 Å². The van der Waals surface area contributed by atoms with Gasteiger partial charge in [-0.2, -0.15) is 0 Å². The van der Waals surface area contributed by atoms with Gasteiger partial charge in [-0.1, -0.05) is 12.1 Å². The minimum absolute atomic E-state index is 0.217. The molecule has 3 nitrogen and oxygen atoms in total. The van der Waals surface area contributed by atoms with Gasteiger partial charge in [0.2, 0.25) is 11.0 Å². The van der Waals surface area contributed by atoms with Gasteiger partial charge >= 0.3 is 0 Å². The Labute approximate surface area is 91.8 Å². The van der Waals surface area contributed by atoms with Crippen molar-refractivity contribution in [3.63, 3.8) is 0 Å². The summed E-state index contributed by atoms with van der Waals surface area (Å²) in [6.45, 7) is 1.35. The first kappa shape index (κ1) is 11.1. The molecule has 0 aliphatic carbocycles. The Morgan fingerprint density at radius 1 is 1.36 bits per heavy atom. The number of benzene rings is 1. The molecule has 0 spiro atoms. The predicted octanol–water partition coefficient (Wildman–Crippen LogP) is 1.90. The number of hydrogen-bond donors (Lipinski definition) is 2. The van der Waals surface area contributed by atoms with Crippen molar-refractivity contribution in [2.45, 2.75) is 11.8 Å². The largest absolute Gasteiger partial charge is 0.294 e. The predicted molar refractivity (Wildman–Crippen MR) is 59.4 cm³/mol. The van der Waals surface area contributed by atoms with Crippen LogP contribution >= 0.6 is 24.6 Å². The van der Waals surface area contributed by atoms with Crippen molar-refractivity contribution in [1.29, 1.82) is 0 Å². The second-order valence-electron chi connectivity index (χ2n) is 2.56. The van der Waals surface area contributed by atoms with Gasteiger partial charge < -0.3 is 0 Å². The maximum absolute atomic E-state index is 11.5. The Balaban J connectivity index is 2.70. The fraction of sp³-hybridized carbons (Fsp3) is 0.111. The van der Waals surface area contributed by atoms with E-state index in [4.69, 9.17) is 0 Å². The van der Waals surface area contributed by atoms with E-state index in [0.29, 0.717) is 10.5 Å². The Hall–Kier alpha value is -0.940. The minimum atomic E-state index is -0.250. The molecule has 0 saturated carbocycles. The van der Waals surface area contributed by atoms with Crippen LogP contribution in [0.4, 0.5) is 0 Å². The van der Waals surface area contributed by atoms with Crippen LogP contribution in [0.3, 0.4) is 0 Å². The molecular weight excluding hydrogens is 218 g/mol. The molecule has 0 unspecified atom stereocenters. The van der Waals surface area contributed by atoms with Crippen molar-refractivity contribution < 1.29 is 9.59 Å². The summed E-state index contributed by atoms with van der Waals surface area (Å²) in [5, 5.41) is -0.217. The van der Waals surface area contributed by atoms with E-state index >= 15 is 0 Å². The van der Waals surface area contributed by atoms with Crippen molar-refractivity contribution in [3.8, 4) is 0 Å². The van der Waals surface area contributed by atoms with E-state index in [0.717, 1.165) is 11.9 Å². The highest BCUT2D eigenvalue weighted by atomic mass is 32.2. The first-order valence-corrected chi connectivity index (χ1v) is 5.13. The zero-order valence-corrected chi connectivity index (χ0v) is 9.19. The van der Waals surface area contributed by atoms with Crippen LogP contribution in [0.5, 0.6) is 0 Å². The maximum atomic E-state index is 11.5. The van der Waals surface area contributed by atoms with E-state index in [2.05, 4.69) is 17.4 Å². The molecule has 1 rings (SSSR count). The van der Waals surface area contributed by atoms with Gasteiger partial charge in [0.15, 0.2) is 0 Å². The summed E-state index contributed by atoms with van der Waals surface area (Å²) in [4.78, 5) is 22.6. The van der Waals surface area contributed by atoms with Crippen LogP contribution in [0.15, 0.2) is 29.2 Å². The van der Waals surface area contributed by atoms with Gasteiger partial charge in [0.1, 0.15) is 0 Å². The Kier molecular flexibility index (Phi) is 4.03. The second-order valence-corrected chi connectivity index (χ2v) is 3.83. The van der Waals surface area contributed by atoms with E-state index in [9.17, 15) is 9.59 Å². The van der Waals surface area contributed by atoms with Gasteiger partial charge in [0.05, 0.1) is 0 Å². The lowest BCUT2D eigenvalue weighted by Gasteiger charge is -2.02. The van der Waals surface area contributed by atoms with Crippen LogP contribution in [0.25, 0.3) is 0 Å². The van der Waals surface area contributed by atoms with Gasteiger partial charge in [0, 0.05) is 29.3 Å². The molecule has 1 aromatic carbocycles. The lowest BCUT2D eigenvalue weighted by molar-refractivity contribution is -0.117. The van der Waals surface area contributed by atoms with Crippen LogP contribution in [0, 0.1) is 0 Å². The number of nitrogens with one attached hydrogen (secondary N) is 1. The number of carbonyl (C=O) groups excluding carboxylic acids is 2. The van der Waals surface area contributed by atoms with Gasteiger partial charge in [-0.25, -0.2) is 0 Å². The molecule has 0 saturated heterocycles. The first-order valence-electron chi connectivity index (χ1n) is 3.87. The minimum Gasteiger partial charge on any atom is -0.294 e. The topological polar surface area (TPSA) is 46.2 Å². The highest BCUT2D eigenvalue weighted by Crippen LogP contribution is 2.17. The normalized spacial score (nSPS) is 9.57. The van der Waals surface area contributed by atoms with E-state index in [1.807, 2.05) is 0 Å². The number of hydrogen-bond acceptors (Lipinski definition) is 4. The summed E-state index contributed by atoms with van der Waals surface area (Å²) < 4.78 is 2.37. The molecule has 0 radical (unpaired) electrons. The average Bonchev–Trinajstić information content (AvgIpc) is 2.15. The van der Waals surface area contributed by atoms with Crippen molar-refractivity contribution in [1.82, 2.24) is 4.72 Å². The molecule has 0 atom stereocenters.